The molecule has 0 spiro atoms. The molecule has 4 nitrogen and oxygen atoms in total. The van der Waals surface area contributed by atoms with Gasteiger partial charge in [-0.25, -0.2) is 4.68 Å². The molecule has 0 aliphatic rings. The van der Waals surface area contributed by atoms with Crippen molar-refractivity contribution in [1.29, 1.82) is 0 Å². The van der Waals surface area contributed by atoms with Crippen LogP contribution in [0.3, 0.4) is 0 Å². The summed E-state index contributed by atoms with van der Waals surface area (Å²) in [6, 6.07) is 3.38. The summed E-state index contributed by atoms with van der Waals surface area (Å²) in [5, 5.41) is 4.08. The molecule has 72 valence electrons. The molecule has 0 atom stereocenters. The molecule has 2 aromatic rings. The van der Waals surface area contributed by atoms with E-state index in [1.165, 1.54) is 4.57 Å². The number of pyridine rings is 1. The van der Waals surface area contributed by atoms with Gasteiger partial charge in [0.2, 0.25) is 0 Å². The number of aryl methyl sites for hydroxylation is 1. The zero-order chi connectivity index (χ0) is 10.1. The third-order valence-electron chi connectivity index (χ3n) is 1.90. The quantitative estimate of drug-likeness (QED) is 0.770. The number of hydrogen-bond donors (Lipinski definition) is 0. The van der Waals surface area contributed by atoms with Crippen molar-refractivity contribution in [1.82, 2.24) is 14.3 Å². The second-order valence-corrected chi connectivity index (χ2v) is 3.85. The Morgan fingerprint density at radius 1 is 1.50 bits per heavy atom. The standard InChI is InChI=1S/C9H8BrN3O/c1-12-3-2-8(4-9(12)14)13-6-7(10)5-11-13/h2-6H,1H3. The first kappa shape index (κ1) is 9.21. The highest BCUT2D eigenvalue weighted by Gasteiger charge is 1.99. The van der Waals surface area contributed by atoms with Crippen LogP contribution in [0.1, 0.15) is 0 Å². The molecule has 0 N–H and O–H groups in total. The van der Waals surface area contributed by atoms with Crippen LogP contribution in [0.25, 0.3) is 5.69 Å². The van der Waals surface area contributed by atoms with Crippen LogP contribution < -0.4 is 5.56 Å². The van der Waals surface area contributed by atoms with Gasteiger partial charge in [-0.2, -0.15) is 5.10 Å². The van der Waals surface area contributed by atoms with Crippen LogP contribution in [-0.2, 0) is 7.05 Å². The van der Waals surface area contributed by atoms with Gasteiger partial charge in [0.15, 0.2) is 0 Å². The van der Waals surface area contributed by atoms with E-state index in [1.54, 1.807) is 36.4 Å². The minimum atomic E-state index is -0.0471. The Morgan fingerprint density at radius 3 is 2.86 bits per heavy atom. The molecule has 5 heteroatoms. The van der Waals surface area contributed by atoms with Gasteiger partial charge < -0.3 is 4.57 Å². The van der Waals surface area contributed by atoms with E-state index in [0.29, 0.717) is 0 Å². The molecule has 0 fully saturated rings. The number of halogens is 1. The van der Waals surface area contributed by atoms with Gasteiger partial charge in [0, 0.05) is 25.5 Å². The molecule has 0 aliphatic heterocycles. The SMILES string of the molecule is Cn1ccc(-n2cc(Br)cn2)cc1=O. The van der Waals surface area contributed by atoms with E-state index in [-0.39, 0.29) is 5.56 Å². The number of hydrogen-bond acceptors (Lipinski definition) is 2. The first-order valence-corrected chi connectivity index (χ1v) is 4.83. The Morgan fingerprint density at radius 2 is 2.29 bits per heavy atom. The molecule has 0 bridgehead atoms. The summed E-state index contributed by atoms with van der Waals surface area (Å²) in [5.74, 6) is 0. The van der Waals surface area contributed by atoms with Gasteiger partial charge in [0.05, 0.1) is 16.4 Å². The van der Waals surface area contributed by atoms with Gasteiger partial charge in [-0.1, -0.05) is 0 Å². The van der Waals surface area contributed by atoms with Crippen LogP contribution in [0.4, 0.5) is 0 Å². The Hall–Kier alpha value is -1.36. The smallest absolute Gasteiger partial charge is 0.252 e. The van der Waals surface area contributed by atoms with E-state index >= 15 is 0 Å². The van der Waals surface area contributed by atoms with Crippen molar-refractivity contribution in [2.24, 2.45) is 7.05 Å². The summed E-state index contributed by atoms with van der Waals surface area (Å²) in [7, 11) is 1.71. The number of aromatic nitrogens is 3. The lowest BCUT2D eigenvalue weighted by Crippen LogP contribution is -2.15. The Labute approximate surface area is 88.9 Å². The second-order valence-electron chi connectivity index (χ2n) is 2.94. The highest BCUT2D eigenvalue weighted by atomic mass is 79.9. The molecule has 0 aromatic carbocycles. The zero-order valence-electron chi connectivity index (χ0n) is 7.51. The van der Waals surface area contributed by atoms with Crippen LogP contribution in [0.15, 0.2) is 40.0 Å². The van der Waals surface area contributed by atoms with Gasteiger partial charge in [0.25, 0.3) is 5.56 Å². The molecule has 2 heterocycles. The summed E-state index contributed by atoms with van der Waals surface area (Å²) < 4.78 is 4.05. The van der Waals surface area contributed by atoms with E-state index in [0.717, 1.165) is 10.2 Å². The van der Waals surface area contributed by atoms with Gasteiger partial charge >= 0.3 is 0 Å². The normalized spacial score (nSPS) is 10.4. The number of nitrogens with zero attached hydrogens (tertiary/aromatic N) is 3. The monoisotopic (exact) mass is 253 g/mol. The van der Waals surface area contributed by atoms with Crippen molar-refractivity contribution >= 4 is 15.9 Å². The fourth-order valence-corrected chi connectivity index (χ4v) is 1.41. The predicted octanol–water partition coefficient (Wildman–Crippen LogP) is 1.33. The summed E-state index contributed by atoms with van der Waals surface area (Å²) in [6.07, 6.45) is 5.19. The first-order valence-electron chi connectivity index (χ1n) is 4.04. The van der Waals surface area contributed by atoms with Crippen LogP contribution >= 0.6 is 15.9 Å². The third kappa shape index (κ3) is 1.63. The average Bonchev–Trinajstić information content (AvgIpc) is 2.57. The van der Waals surface area contributed by atoms with Gasteiger partial charge in [-0.3, -0.25) is 4.79 Å². The van der Waals surface area contributed by atoms with Crippen LogP contribution in [0.2, 0.25) is 0 Å². The lowest BCUT2D eigenvalue weighted by Gasteiger charge is -2.01. The van der Waals surface area contributed by atoms with Crippen LogP contribution in [0.5, 0.6) is 0 Å². The third-order valence-corrected chi connectivity index (χ3v) is 2.31. The lowest BCUT2D eigenvalue weighted by molar-refractivity contribution is 0.826. The molecule has 2 rings (SSSR count). The van der Waals surface area contributed by atoms with Crippen molar-refractivity contribution in [3.63, 3.8) is 0 Å². The molecular formula is C9H8BrN3O. The van der Waals surface area contributed by atoms with Crippen molar-refractivity contribution < 1.29 is 0 Å². The topological polar surface area (TPSA) is 39.8 Å². The van der Waals surface area contributed by atoms with E-state index in [4.69, 9.17) is 0 Å². The molecule has 0 saturated carbocycles. The minimum absolute atomic E-state index is 0.0471. The fraction of sp³-hybridized carbons (Fsp3) is 0.111. The molecule has 0 unspecified atom stereocenters. The summed E-state index contributed by atoms with van der Waals surface area (Å²) >= 11 is 3.30. The van der Waals surface area contributed by atoms with Crippen molar-refractivity contribution in [2.45, 2.75) is 0 Å². The summed E-state index contributed by atoms with van der Waals surface area (Å²) in [6.45, 7) is 0. The number of rotatable bonds is 1. The largest absolute Gasteiger partial charge is 0.318 e. The fourth-order valence-electron chi connectivity index (χ4n) is 1.12. The molecular weight excluding hydrogens is 246 g/mol. The maximum absolute atomic E-state index is 11.3. The zero-order valence-corrected chi connectivity index (χ0v) is 9.10. The second kappa shape index (κ2) is 3.42. The van der Waals surface area contributed by atoms with E-state index in [1.807, 2.05) is 6.07 Å². The van der Waals surface area contributed by atoms with Gasteiger partial charge in [-0.05, 0) is 22.0 Å². The summed E-state index contributed by atoms with van der Waals surface area (Å²) in [4.78, 5) is 11.3. The maximum atomic E-state index is 11.3. The van der Waals surface area contributed by atoms with Gasteiger partial charge in [-0.15, -0.1) is 0 Å². The summed E-state index contributed by atoms with van der Waals surface area (Å²) in [5.41, 5.74) is 0.716. The highest BCUT2D eigenvalue weighted by molar-refractivity contribution is 9.10. The van der Waals surface area contributed by atoms with E-state index < -0.39 is 0 Å². The van der Waals surface area contributed by atoms with Gasteiger partial charge in [0.1, 0.15) is 0 Å². The maximum Gasteiger partial charge on any atom is 0.252 e. The lowest BCUT2D eigenvalue weighted by atomic mass is 10.4. The van der Waals surface area contributed by atoms with Crippen LogP contribution in [-0.4, -0.2) is 14.3 Å². The molecule has 0 amide bonds. The molecule has 14 heavy (non-hydrogen) atoms. The van der Waals surface area contributed by atoms with Crippen molar-refractivity contribution in [3.05, 3.63) is 45.5 Å². The highest BCUT2D eigenvalue weighted by Crippen LogP contribution is 2.10. The molecule has 0 aliphatic carbocycles. The first-order chi connectivity index (χ1) is 6.66. The predicted molar refractivity (Wildman–Crippen MR) is 56.5 cm³/mol. The van der Waals surface area contributed by atoms with Crippen LogP contribution in [0, 0.1) is 0 Å². The molecule has 0 saturated heterocycles. The average molecular weight is 254 g/mol. The minimum Gasteiger partial charge on any atom is -0.318 e. The van der Waals surface area contributed by atoms with E-state index in [9.17, 15) is 4.79 Å². The molecule has 2 aromatic heterocycles. The Kier molecular flexibility index (Phi) is 2.25. The van der Waals surface area contributed by atoms with Crippen molar-refractivity contribution in [2.75, 3.05) is 0 Å². The van der Waals surface area contributed by atoms with Crippen molar-refractivity contribution in [3.8, 4) is 5.69 Å². The Balaban J connectivity index is 2.53. The van der Waals surface area contributed by atoms with E-state index in [2.05, 4.69) is 21.0 Å². The Bertz CT molecular complexity index is 515. The molecule has 0 radical (unpaired) electrons.